The van der Waals surface area contributed by atoms with Crippen molar-refractivity contribution in [2.24, 2.45) is 0 Å². The molecule has 0 atom stereocenters. The quantitative estimate of drug-likeness (QED) is 0.829. The van der Waals surface area contributed by atoms with Crippen LogP contribution in [0.25, 0.3) is 4.96 Å². The normalized spacial score (nSPS) is 10.6. The van der Waals surface area contributed by atoms with Gasteiger partial charge in [-0.3, -0.25) is 9.72 Å². The van der Waals surface area contributed by atoms with Crippen LogP contribution in [0, 0.1) is 0 Å². The first-order valence-electron chi connectivity index (χ1n) is 4.35. The van der Waals surface area contributed by atoms with Crippen LogP contribution in [0.1, 0.15) is 5.69 Å². The van der Waals surface area contributed by atoms with Crippen molar-refractivity contribution in [1.82, 2.24) is 14.7 Å². The monoisotopic (exact) mass is 245 g/mol. The number of imidazole rings is 1. The van der Waals surface area contributed by atoms with E-state index in [1.54, 1.807) is 6.20 Å². The number of fused-ring (bicyclic) bond motifs is 1. The molecular formula is C8H8FN3O3S. The van der Waals surface area contributed by atoms with Crippen LogP contribution in [0.15, 0.2) is 17.8 Å². The van der Waals surface area contributed by atoms with E-state index in [1.807, 2.05) is 21.3 Å². The van der Waals surface area contributed by atoms with E-state index >= 15 is 0 Å². The highest BCUT2D eigenvalue weighted by Gasteiger charge is 2.06. The number of carbonyl (C=O) groups excluding carboxylic acids is 1. The summed E-state index contributed by atoms with van der Waals surface area (Å²) in [5, 5.41) is 3.94. The molecule has 0 unspecified atom stereocenters. The Hall–Kier alpha value is -1.67. The van der Waals surface area contributed by atoms with Crippen molar-refractivity contribution in [2.75, 3.05) is 6.73 Å². The summed E-state index contributed by atoms with van der Waals surface area (Å²) in [4.78, 5) is 19.1. The standard InChI is InChI=1S/C8H8FN3O3S/c9-15-5-10-8(13)14-4-6-3-12-1-2-16-7(12)11-6/h1-3H,4-5H2,(H,10,13). The Kier molecular flexibility index (Phi) is 3.32. The largest absolute Gasteiger partial charge is 0.443 e. The maximum Gasteiger partial charge on any atom is 0.409 e. The Morgan fingerprint density at radius 1 is 1.69 bits per heavy atom. The van der Waals surface area contributed by atoms with Crippen LogP contribution in [0.5, 0.6) is 0 Å². The van der Waals surface area contributed by atoms with E-state index < -0.39 is 12.8 Å². The molecular weight excluding hydrogens is 237 g/mol. The number of carbonyl (C=O) groups is 1. The highest BCUT2D eigenvalue weighted by atomic mass is 32.1. The van der Waals surface area contributed by atoms with Crippen LogP contribution in [-0.4, -0.2) is 22.2 Å². The number of aromatic nitrogens is 2. The molecule has 0 aliphatic rings. The summed E-state index contributed by atoms with van der Waals surface area (Å²) in [7, 11) is 0. The van der Waals surface area contributed by atoms with E-state index in [-0.39, 0.29) is 6.61 Å². The van der Waals surface area contributed by atoms with Gasteiger partial charge in [0.05, 0.1) is 5.69 Å². The van der Waals surface area contributed by atoms with Crippen LogP contribution in [0.2, 0.25) is 0 Å². The lowest BCUT2D eigenvalue weighted by Crippen LogP contribution is -2.25. The number of thiazole rings is 1. The zero-order valence-electron chi connectivity index (χ0n) is 8.05. The molecule has 1 N–H and O–H groups in total. The summed E-state index contributed by atoms with van der Waals surface area (Å²) in [6.45, 7) is -0.496. The van der Waals surface area contributed by atoms with Gasteiger partial charge in [0.1, 0.15) is 6.61 Å². The van der Waals surface area contributed by atoms with Crippen molar-refractivity contribution in [3.8, 4) is 0 Å². The molecule has 0 bridgehead atoms. The van der Waals surface area contributed by atoms with Crippen molar-refractivity contribution in [1.29, 1.82) is 0 Å². The summed E-state index contributed by atoms with van der Waals surface area (Å²) in [6, 6.07) is 0. The van der Waals surface area contributed by atoms with Crippen LogP contribution in [0.4, 0.5) is 9.32 Å². The number of rotatable bonds is 4. The molecule has 6 nitrogen and oxygen atoms in total. The molecule has 0 aromatic carbocycles. The van der Waals surface area contributed by atoms with Crippen LogP contribution < -0.4 is 5.32 Å². The average molecular weight is 245 g/mol. The minimum absolute atomic E-state index is 0.0342. The molecule has 0 spiro atoms. The number of halogens is 1. The van der Waals surface area contributed by atoms with Crippen LogP contribution in [0.3, 0.4) is 0 Å². The third-order valence-corrected chi connectivity index (χ3v) is 2.54. The third kappa shape index (κ3) is 2.47. The minimum Gasteiger partial charge on any atom is -0.443 e. The van der Waals surface area contributed by atoms with E-state index in [2.05, 4.69) is 9.93 Å². The molecule has 16 heavy (non-hydrogen) atoms. The van der Waals surface area contributed by atoms with Gasteiger partial charge in [-0.05, 0) is 4.53 Å². The second-order valence-corrected chi connectivity index (χ2v) is 3.70. The molecule has 0 radical (unpaired) electrons. The summed E-state index contributed by atoms with van der Waals surface area (Å²) in [6.07, 6.45) is 2.85. The van der Waals surface area contributed by atoms with Gasteiger partial charge in [-0.1, -0.05) is 0 Å². The first-order chi connectivity index (χ1) is 7.79. The highest BCUT2D eigenvalue weighted by molar-refractivity contribution is 7.15. The lowest BCUT2D eigenvalue weighted by atomic mass is 10.5. The van der Waals surface area contributed by atoms with Gasteiger partial charge in [0, 0.05) is 17.8 Å². The Morgan fingerprint density at radius 3 is 3.31 bits per heavy atom. The lowest BCUT2D eigenvalue weighted by Gasteiger charge is -2.02. The highest BCUT2D eigenvalue weighted by Crippen LogP contribution is 2.11. The topological polar surface area (TPSA) is 64.9 Å². The number of amides is 1. The fourth-order valence-corrected chi connectivity index (χ4v) is 1.84. The van der Waals surface area contributed by atoms with E-state index in [0.29, 0.717) is 5.69 Å². The number of nitrogens with zero attached hydrogens (tertiary/aromatic N) is 2. The second-order valence-electron chi connectivity index (χ2n) is 2.83. The summed E-state index contributed by atoms with van der Waals surface area (Å²) < 4.78 is 17.8. The second kappa shape index (κ2) is 4.90. The fourth-order valence-electron chi connectivity index (χ4n) is 1.12. The predicted molar refractivity (Wildman–Crippen MR) is 53.4 cm³/mol. The van der Waals surface area contributed by atoms with E-state index in [4.69, 9.17) is 4.74 Å². The average Bonchev–Trinajstić information content (AvgIpc) is 2.83. The Morgan fingerprint density at radius 2 is 2.56 bits per heavy atom. The van der Waals surface area contributed by atoms with Crippen molar-refractivity contribution >= 4 is 22.4 Å². The SMILES string of the molecule is O=C(NCOF)OCc1cn2ccsc2n1. The molecule has 0 saturated carbocycles. The summed E-state index contributed by atoms with van der Waals surface area (Å²) in [5.74, 6) is 0. The molecule has 0 aliphatic heterocycles. The van der Waals surface area contributed by atoms with Crippen molar-refractivity contribution in [3.63, 3.8) is 0 Å². The number of ether oxygens (including phenoxy) is 1. The smallest absolute Gasteiger partial charge is 0.409 e. The Bertz CT molecular complexity index is 455. The lowest BCUT2D eigenvalue weighted by molar-refractivity contribution is -0.137. The van der Waals surface area contributed by atoms with Gasteiger partial charge in [0.2, 0.25) is 0 Å². The zero-order valence-corrected chi connectivity index (χ0v) is 8.87. The fraction of sp³-hybridized carbons (Fsp3) is 0.250. The summed E-state index contributed by atoms with van der Waals surface area (Å²) >= 11 is 1.48. The Balaban J connectivity index is 1.86. The Labute approximate surface area is 93.5 Å². The number of hydrogen-bond acceptors (Lipinski definition) is 5. The van der Waals surface area contributed by atoms with Gasteiger partial charge in [0.25, 0.3) is 0 Å². The van der Waals surface area contributed by atoms with Gasteiger partial charge in [0.15, 0.2) is 11.7 Å². The molecule has 0 aliphatic carbocycles. The molecule has 2 aromatic heterocycles. The molecule has 0 saturated heterocycles. The third-order valence-electron chi connectivity index (χ3n) is 1.77. The van der Waals surface area contributed by atoms with Gasteiger partial charge in [-0.25, -0.2) is 9.78 Å². The van der Waals surface area contributed by atoms with Gasteiger partial charge < -0.3 is 4.74 Å². The molecule has 2 heterocycles. The molecule has 2 aromatic rings. The molecule has 86 valence electrons. The van der Waals surface area contributed by atoms with Crippen molar-refractivity contribution in [2.45, 2.75) is 6.61 Å². The van der Waals surface area contributed by atoms with E-state index in [0.717, 1.165) is 4.96 Å². The van der Waals surface area contributed by atoms with Crippen LogP contribution >= 0.6 is 11.3 Å². The zero-order chi connectivity index (χ0) is 11.4. The first-order valence-corrected chi connectivity index (χ1v) is 5.23. The van der Waals surface area contributed by atoms with E-state index in [1.165, 1.54) is 11.3 Å². The molecule has 8 heteroatoms. The summed E-state index contributed by atoms with van der Waals surface area (Å²) in [5.41, 5.74) is 0.628. The number of hydrogen-bond donors (Lipinski definition) is 1. The van der Waals surface area contributed by atoms with Gasteiger partial charge >= 0.3 is 6.09 Å². The molecule has 1 amide bonds. The number of nitrogens with one attached hydrogen (secondary N) is 1. The maximum atomic E-state index is 11.2. The predicted octanol–water partition coefficient (Wildman–Crippen LogP) is 1.48. The van der Waals surface area contributed by atoms with E-state index in [9.17, 15) is 9.32 Å². The number of alkyl carbamates (subject to hydrolysis) is 1. The van der Waals surface area contributed by atoms with Crippen molar-refractivity contribution < 1.29 is 19.0 Å². The minimum atomic E-state index is -0.756. The molecule has 2 rings (SSSR count). The van der Waals surface area contributed by atoms with Gasteiger partial charge in [-0.15, -0.1) is 11.3 Å². The van der Waals surface area contributed by atoms with Crippen molar-refractivity contribution in [3.05, 3.63) is 23.5 Å². The maximum absolute atomic E-state index is 11.2. The van der Waals surface area contributed by atoms with Gasteiger partial charge in [-0.2, -0.15) is 4.94 Å². The van der Waals surface area contributed by atoms with Crippen LogP contribution in [-0.2, 0) is 16.3 Å². The first kappa shape index (κ1) is 10.8. The molecule has 0 fully saturated rings.